The van der Waals surface area contributed by atoms with Crippen molar-refractivity contribution in [1.82, 2.24) is 14.8 Å². The number of thioether (sulfide) groups is 1. The summed E-state index contributed by atoms with van der Waals surface area (Å²) in [5.41, 5.74) is 2.94. The number of benzene rings is 2. The maximum Gasteiger partial charge on any atom is 0.234 e. The van der Waals surface area contributed by atoms with Gasteiger partial charge in [-0.05, 0) is 48.7 Å². The maximum absolute atomic E-state index is 12.4. The summed E-state index contributed by atoms with van der Waals surface area (Å²) in [6.07, 6.45) is 0.698. The molecule has 2 heterocycles. The lowest BCUT2D eigenvalue weighted by Gasteiger charge is -2.10. The van der Waals surface area contributed by atoms with E-state index >= 15 is 0 Å². The van der Waals surface area contributed by atoms with Gasteiger partial charge in [0.25, 0.3) is 0 Å². The van der Waals surface area contributed by atoms with Crippen LogP contribution in [0.2, 0.25) is 0 Å². The smallest absolute Gasteiger partial charge is 0.234 e. The Morgan fingerprint density at radius 3 is 2.70 bits per heavy atom. The van der Waals surface area contributed by atoms with E-state index in [2.05, 4.69) is 74.1 Å². The minimum Gasteiger partial charge on any atom is -0.325 e. The molecule has 1 N–H and O–H groups in total. The fraction of sp³-hybridized carbons (Fsp3) is 0.136. The zero-order valence-electron chi connectivity index (χ0n) is 16.2. The van der Waals surface area contributed by atoms with E-state index in [1.54, 1.807) is 11.3 Å². The van der Waals surface area contributed by atoms with Gasteiger partial charge in [0.15, 0.2) is 5.16 Å². The monoisotopic (exact) mass is 498 g/mol. The van der Waals surface area contributed by atoms with Gasteiger partial charge in [-0.1, -0.05) is 57.5 Å². The van der Waals surface area contributed by atoms with Gasteiger partial charge in [0.1, 0.15) is 5.82 Å². The molecule has 0 bridgehead atoms. The SMILES string of the molecule is Cc1ccc(-n2c(Cc3cccs3)nnc2SCC(=O)Nc2cccc(Br)c2)cc1. The third kappa shape index (κ3) is 5.19. The number of nitrogens with one attached hydrogen (secondary N) is 1. The second-order valence-corrected chi connectivity index (χ2v) is 9.56. The molecule has 2 aromatic heterocycles. The normalized spacial score (nSPS) is 10.9. The Kier molecular flexibility index (Phi) is 6.66. The van der Waals surface area contributed by atoms with Crippen LogP contribution in [0, 0.1) is 6.92 Å². The molecule has 0 fully saturated rings. The second-order valence-electron chi connectivity index (χ2n) is 6.67. The van der Waals surface area contributed by atoms with E-state index in [0.29, 0.717) is 11.6 Å². The van der Waals surface area contributed by atoms with Gasteiger partial charge in [-0.2, -0.15) is 0 Å². The van der Waals surface area contributed by atoms with Crippen molar-refractivity contribution in [2.45, 2.75) is 18.5 Å². The first-order valence-electron chi connectivity index (χ1n) is 9.30. The molecule has 30 heavy (non-hydrogen) atoms. The third-order valence-corrected chi connectivity index (χ3v) is 6.64. The summed E-state index contributed by atoms with van der Waals surface area (Å²) in [6, 6.07) is 19.9. The minimum atomic E-state index is -0.0867. The van der Waals surface area contributed by atoms with E-state index in [4.69, 9.17) is 0 Å². The number of rotatable bonds is 7. The quantitative estimate of drug-likeness (QED) is 0.331. The molecule has 4 aromatic rings. The van der Waals surface area contributed by atoms with Crippen molar-refractivity contribution in [2.75, 3.05) is 11.1 Å². The fourth-order valence-electron chi connectivity index (χ4n) is 2.92. The first kappa shape index (κ1) is 20.8. The molecule has 8 heteroatoms. The molecule has 0 aliphatic carbocycles. The predicted octanol–water partition coefficient (Wildman–Crippen LogP) is 5.72. The van der Waals surface area contributed by atoms with Crippen molar-refractivity contribution >= 4 is 50.6 Å². The van der Waals surface area contributed by atoms with Crippen LogP contribution in [0.25, 0.3) is 5.69 Å². The fourth-order valence-corrected chi connectivity index (χ4v) is 4.80. The van der Waals surface area contributed by atoms with E-state index in [1.807, 2.05) is 34.9 Å². The molecule has 1 amide bonds. The lowest BCUT2D eigenvalue weighted by Crippen LogP contribution is -2.14. The molecule has 4 rings (SSSR count). The summed E-state index contributed by atoms with van der Waals surface area (Å²) < 4.78 is 2.96. The van der Waals surface area contributed by atoms with E-state index in [-0.39, 0.29) is 11.7 Å². The van der Waals surface area contributed by atoms with Crippen molar-refractivity contribution in [2.24, 2.45) is 0 Å². The Morgan fingerprint density at radius 1 is 1.13 bits per heavy atom. The van der Waals surface area contributed by atoms with Gasteiger partial charge in [0, 0.05) is 27.1 Å². The highest BCUT2D eigenvalue weighted by Crippen LogP contribution is 2.25. The molecule has 0 aliphatic rings. The summed E-state index contributed by atoms with van der Waals surface area (Å²) in [6.45, 7) is 2.06. The molecule has 0 saturated carbocycles. The Balaban J connectivity index is 1.54. The third-order valence-electron chi connectivity index (χ3n) is 4.35. The number of thiophene rings is 1. The molecule has 0 saturated heterocycles. The molecular weight excluding hydrogens is 480 g/mol. The number of anilines is 1. The zero-order chi connectivity index (χ0) is 20.9. The van der Waals surface area contributed by atoms with Gasteiger partial charge in [0.2, 0.25) is 5.91 Å². The zero-order valence-corrected chi connectivity index (χ0v) is 19.4. The number of carbonyl (C=O) groups excluding carboxylic acids is 1. The van der Waals surface area contributed by atoms with Crippen molar-refractivity contribution in [3.63, 3.8) is 0 Å². The Labute approximate surface area is 191 Å². The molecule has 0 unspecified atom stereocenters. The predicted molar refractivity (Wildman–Crippen MR) is 127 cm³/mol. The van der Waals surface area contributed by atoms with Crippen LogP contribution in [-0.2, 0) is 11.2 Å². The first-order valence-corrected chi connectivity index (χ1v) is 12.0. The lowest BCUT2D eigenvalue weighted by molar-refractivity contribution is -0.113. The summed E-state index contributed by atoms with van der Waals surface area (Å²) >= 11 is 6.50. The van der Waals surface area contributed by atoms with Crippen LogP contribution in [-0.4, -0.2) is 26.4 Å². The lowest BCUT2D eigenvalue weighted by atomic mass is 10.2. The van der Waals surface area contributed by atoms with Gasteiger partial charge in [-0.15, -0.1) is 21.5 Å². The summed E-state index contributed by atoms with van der Waals surface area (Å²) in [5.74, 6) is 1.02. The van der Waals surface area contributed by atoms with Gasteiger partial charge in [0.05, 0.1) is 5.75 Å². The van der Waals surface area contributed by atoms with E-state index in [9.17, 15) is 4.79 Å². The van der Waals surface area contributed by atoms with Crippen LogP contribution in [0.15, 0.2) is 75.7 Å². The number of hydrogen-bond donors (Lipinski definition) is 1. The molecule has 0 aliphatic heterocycles. The van der Waals surface area contributed by atoms with Crippen LogP contribution < -0.4 is 5.32 Å². The van der Waals surface area contributed by atoms with Gasteiger partial charge < -0.3 is 5.32 Å². The van der Waals surface area contributed by atoms with Gasteiger partial charge >= 0.3 is 0 Å². The highest BCUT2D eigenvalue weighted by molar-refractivity contribution is 9.10. The highest BCUT2D eigenvalue weighted by Gasteiger charge is 2.17. The van der Waals surface area contributed by atoms with Crippen LogP contribution in [0.1, 0.15) is 16.3 Å². The van der Waals surface area contributed by atoms with Crippen LogP contribution in [0.3, 0.4) is 0 Å². The number of halogens is 1. The van der Waals surface area contributed by atoms with Crippen molar-refractivity contribution in [3.8, 4) is 5.69 Å². The average Bonchev–Trinajstić information content (AvgIpc) is 3.37. The molecule has 0 spiro atoms. The Bertz CT molecular complexity index is 1140. The highest BCUT2D eigenvalue weighted by atomic mass is 79.9. The van der Waals surface area contributed by atoms with Crippen LogP contribution in [0.5, 0.6) is 0 Å². The molecular formula is C22H19BrN4OS2. The van der Waals surface area contributed by atoms with Crippen LogP contribution >= 0.6 is 39.0 Å². The summed E-state index contributed by atoms with van der Waals surface area (Å²) in [4.78, 5) is 13.7. The number of hydrogen-bond acceptors (Lipinski definition) is 5. The van der Waals surface area contributed by atoms with E-state index in [0.717, 1.165) is 21.7 Å². The largest absolute Gasteiger partial charge is 0.325 e. The summed E-state index contributed by atoms with van der Waals surface area (Å²) in [5, 5.41) is 14.5. The average molecular weight is 499 g/mol. The van der Waals surface area contributed by atoms with Crippen LogP contribution in [0.4, 0.5) is 5.69 Å². The first-order chi connectivity index (χ1) is 14.6. The standard InChI is InChI=1S/C22H19BrN4OS2/c1-15-7-9-18(10-8-15)27-20(13-19-6-3-11-29-19)25-26-22(27)30-14-21(28)24-17-5-2-4-16(23)12-17/h2-12H,13-14H2,1H3,(H,24,28). The Hall–Kier alpha value is -2.42. The molecule has 0 radical (unpaired) electrons. The molecule has 152 valence electrons. The van der Waals surface area contributed by atoms with Gasteiger partial charge in [-0.3, -0.25) is 9.36 Å². The minimum absolute atomic E-state index is 0.0867. The maximum atomic E-state index is 12.4. The molecule has 0 atom stereocenters. The number of carbonyl (C=O) groups is 1. The summed E-state index contributed by atoms with van der Waals surface area (Å²) in [7, 11) is 0. The number of nitrogens with zero attached hydrogens (tertiary/aromatic N) is 3. The van der Waals surface area contributed by atoms with Crippen molar-refractivity contribution < 1.29 is 4.79 Å². The topological polar surface area (TPSA) is 59.8 Å². The van der Waals surface area contributed by atoms with E-state index in [1.165, 1.54) is 22.2 Å². The van der Waals surface area contributed by atoms with E-state index < -0.39 is 0 Å². The molecule has 5 nitrogen and oxygen atoms in total. The number of amides is 1. The number of aromatic nitrogens is 3. The van der Waals surface area contributed by atoms with Crippen molar-refractivity contribution in [1.29, 1.82) is 0 Å². The van der Waals surface area contributed by atoms with Gasteiger partial charge in [-0.25, -0.2) is 0 Å². The Morgan fingerprint density at radius 2 is 1.97 bits per heavy atom. The number of aryl methyl sites for hydroxylation is 1. The second kappa shape index (κ2) is 9.59. The molecule has 2 aromatic carbocycles. The van der Waals surface area contributed by atoms with Crippen molar-refractivity contribution in [3.05, 3.63) is 86.8 Å².